The fourth-order valence-electron chi connectivity index (χ4n) is 7.81. The lowest BCUT2D eigenvalue weighted by atomic mass is 9.74. The van der Waals surface area contributed by atoms with Crippen LogP contribution in [0.5, 0.6) is 0 Å². The maximum absolute atomic E-state index is 14.2. The lowest BCUT2D eigenvalue weighted by Crippen LogP contribution is -2.60. The predicted molar refractivity (Wildman–Crippen MR) is 184 cm³/mol. The molecule has 12 heteroatoms. The molecule has 3 fully saturated rings. The molecule has 278 valence electrons. The van der Waals surface area contributed by atoms with E-state index in [2.05, 4.69) is 31.0 Å². The number of ether oxygens (including phenoxy) is 4. The lowest BCUT2D eigenvalue weighted by Gasteiger charge is -2.47. The van der Waals surface area contributed by atoms with Gasteiger partial charge in [0.2, 0.25) is 5.91 Å². The Labute approximate surface area is 289 Å². The Kier molecular flexibility index (Phi) is 14.5. The number of ketones is 1. The van der Waals surface area contributed by atoms with E-state index in [0.29, 0.717) is 44.9 Å². The lowest BCUT2D eigenvalue weighted by molar-refractivity contribution is -0.295. The second-order valence-electron chi connectivity index (χ2n) is 16.1. The fourth-order valence-corrected chi connectivity index (χ4v) is 7.81. The van der Waals surface area contributed by atoms with Gasteiger partial charge in [-0.3, -0.25) is 19.3 Å². The molecule has 12 nitrogen and oxygen atoms in total. The molecule has 0 bridgehead atoms. The summed E-state index contributed by atoms with van der Waals surface area (Å²) in [5.41, 5.74) is -2.42. The van der Waals surface area contributed by atoms with E-state index in [1.165, 1.54) is 0 Å². The number of carbonyl (C=O) groups is 3. The van der Waals surface area contributed by atoms with E-state index in [9.17, 15) is 19.5 Å². The number of Topliss-reactive ketones (excluding diaryl/α,β-unsaturated/α-hetero) is 1. The Morgan fingerprint density at radius 2 is 1.77 bits per heavy atom. The van der Waals surface area contributed by atoms with Crippen molar-refractivity contribution in [2.45, 2.75) is 129 Å². The Hall–Kier alpha value is -1.67. The molecule has 0 radical (unpaired) electrons. The van der Waals surface area contributed by atoms with Crippen molar-refractivity contribution in [1.82, 2.24) is 20.0 Å². The molecule has 2 N–H and O–H groups in total. The topological polar surface area (TPSA) is 130 Å². The minimum absolute atomic E-state index is 0.0947. The van der Waals surface area contributed by atoms with Gasteiger partial charge in [-0.1, -0.05) is 27.7 Å². The van der Waals surface area contributed by atoms with Gasteiger partial charge in [-0.25, -0.2) is 0 Å². The number of hydrogen-bond acceptors (Lipinski definition) is 11. The Morgan fingerprint density at radius 3 is 2.35 bits per heavy atom. The van der Waals surface area contributed by atoms with Crippen LogP contribution in [-0.2, 0) is 33.3 Å². The molecular weight excluding hydrogens is 616 g/mol. The van der Waals surface area contributed by atoms with Crippen molar-refractivity contribution in [2.75, 3.05) is 61.0 Å². The van der Waals surface area contributed by atoms with Crippen LogP contribution in [-0.4, -0.2) is 147 Å². The first-order valence-corrected chi connectivity index (χ1v) is 18.0. The summed E-state index contributed by atoms with van der Waals surface area (Å²) in [6.07, 6.45) is -0.450. The van der Waals surface area contributed by atoms with Crippen molar-refractivity contribution in [3.8, 4) is 0 Å². The van der Waals surface area contributed by atoms with Crippen molar-refractivity contribution < 1.29 is 38.4 Å². The van der Waals surface area contributed by atoms with Crippen LogP contribution in [0.15, 0.2) is 0 Å². The number of likely N-dealkylation sites (N-methyl/N-ethyl adjacent to an activating group) is 2. The van der Waals surface area contributed by atoms with E-state index in [-0.39, 0.29) is 48.3 Å². The first kappa shape index (κ1) is 40.8. The number of hydrogen-bond donors (Lipinski definition) is 2. The smallest absolute Gasteiger partial charge is 0.319 e. The van der Waals surface area contributed by atoms with Crippen LogP contribution in [0, 0.1) is 23.2 Å². The van der Waals surface area contributed by atoms with E-state index >= 15 is 0 Å². The van der Waals surface area contributed by atoms with Crippen LogP contribution in [0.25, 0.3) is 0 Å². The van der Waals surface area contributed by atoms with Crippen molar-refractivity contribution in [2.24, 2.45) is 23.2 Å². The Bertz CT molecular complexity index is 1080. The third-order valence-corrected chi connectivity index (χ3v) is 10.9. The number of esters is 1. The van der Waals surface area contributed by atoms with Crippen molar-refractivity contribution in [1.29, 1.82) is 0 Å². The number of carbonyl (C=O) groups excluding carboxylic acids is 3. The summed E-state index contributed by atoms with van der Waals surface area (Å²) in [6.45, 7) is 18.0. The summed E-state index contributed by atoms with van der Waals surface area (Å²) in [4.78, 5) is 46.8. The second kappa shape index (κ2) is 17.0. The van der Waals surface area contributed by atoms with Gasteiger partial charge in [0.25, 0.3) is 0 Å². The summed E-state index contributed by atoms with van der Waals surface area (Å²) in [6, 6.07) is 0.0775. The zero-order valence-electron chi connectivity index (χ0n) is 31.8. The molecule has 0 saturated carbocycles. The number of cyclic esters (lactones) is 1. The zero-order valence-corrected chi connectivity index (χ0v) is 31.8. The van der Waals surface area contributed by atoms with Crippen molar-refractivity contribution in [3.63, 3.8) is 0 Å². The third-order valence-electron chi connectivity index (χ3n) is 10.9. The number of amides is 1. The van der Waals surface area contributed by atoms with Crippen LogP contribution in [0.3, 0.4) is 0 Å². The molecular formula is C36H66N4O8. The number of rotatable bonds is 10. The molecule has 3 aliphatic heterocycles. The summed E-state index contributed by atoms with van der Waals surface area (Å²) >= 11 is 0. The molecule has 1 amide bonds. The Morgan fingerprint density at radius 1 is 1.12 bits per heavy atom. The number of aliphatic hydroxyl groups is 1. The first-order chi connectivity index (χ1) is 22.3. The van der Waals surface area contributed by atoms with E-state index in [1.54, 1.807) is 27.9 Å². The summed E-state index contributed by atoms with van der Waals surface area (Å²) in [5, 5.41) is 14.7. The van der Waals surface area contributed by atoms with Gasteiger partial charge in [-0.2, -0.15) is 0 Å². The van der Waals surface area contributed by atoms with Gasteiger partial charge in [0, 0.05) is 63.1 Å². The molecule has 0 aromatic rings. The highest BCUT2D eigenvalue weighted by Gasteiger charge is 2.52. The Balaban J connectivity index is 1.84. The second-order valence-corrected chi connectivity index (χ2v) is 16.1. The predicted octanol–water partition coefficient (Wildman–Crippen LogP) is 2.55. The van der Waals surface area contributed by atoms with Crippen LogP contribution >= 0.6 is 0 Å². The maximum Gasteiger partial charge on any atom is 0.319 e. The van der Waals surface area contributed by atoms with E-state index in [0.717, 1.165) is 13.0 Å². The highest BCUT2D eigenvalue weighted by Crippen LogP contribution is 2.38. The highest BCUT2D eigenvalue weighted by molar-refractivity contribution is 6.04. The van der Waals surface area contributed by atoms with Crippen molar-refractivity contribution in [3.05, 3.63) is 0 Å². The molecule has 48 heavy (non-hydrogen) atoms. The summed E-state index contributed by atoms with van der Waals surface area (Å²) in [5.74, 6) is -1.33. The monoisotopic (exact) mass is 682 g/mol. The van der Waals surface area contributed by atoms with E-state index in [1.807, 2.05) is 44.8 Å². The molecule has 0 spiro atoms. The molecule has 3 aliphatic rings. The molecule has 3 saturated heterocycles. The van der Waals surface area contributed by atoms with Gasteiger partial charge in [0.1, 0.15) is 18.1 Å². The third kappa shape index (κ3) is 9.76. The molecule has 0 aliphatic carbocycles. The number of nitrogens with zero attached hydrogens (tertiary/aromatic N) is 3. The van der Waals surface area contributed by atoms with Gasteiger partial charge in [0.05, 0.1) is 17.8 Å². The molecule has 0 aromatic carbocycles. The van der Waals surface area contributed by atoms with Gasteiger partial charge in [0.15, 0.2) is 12.1 Å². The minimum atomic E-state index is -1.46. The standard InChI is InChI=1S/C36H66N4O8/c1-22(2)37-15-13-14-29(41)40-19-26(20-40)28-21-46-34(44)35(6,7)31(43)25(5)32(36(8,45-12)17-23(3)18-39(28)11)48-33-30(42)27(38(9)10)16-24(4)47-33/h22-28,30,32-33,37,42H,13-21H2,1-12H3/t23-,24-,25+,27+,28?,30-,32-,33+,36-/m1/s1. The van der Waals surface area contributed by atoms with Crippen LogP contribution in [0.4, 0.5) is 0 Å². The summed E-state index contributed by atoms with van der Waals surface area (Å²) < 4.78 is 24.9. The van der Waals surface area contributed by atoms with Crippen molar-refractivity contribution >= 4 is 17.7 Å². The number of likely N-dealkylation sites (tertiary alicyclic amines) is 1. The van der Waals surface area contributed by atoms with Gasteiger partial charge < -0.3 is 39.2 Å². The maximum atomic E-state index is 14.2. The number of methoxy groups -OCH3 is 1. The zero-order chi connectivity index (χ0) is 36.1. The normalized spacial score (nSPS) is 36.3. The average molecular weight is 683 g/mol. The fraction of sp³-hybridized carbons (Fsp3) is 0.917. The largest absolute Gasteiger partial charge is 0.463 e. The number of nitrogens with one attached hydrogen (secondary N) is 1. The van der Waals surface area contributed by atoms with Gasteiger partial charge in [-0.05, 0) is 80.6 Å². The van der Waals surface area contributed by atoms with Gasteiger partial charge in [-0.15, -0.1) is 0 Å². The SMILES string of the molecule is CO[C@]1(C)C[C@@H](C)CN(C)C(C2CN(C(=O)CCCNC(C)C)C2)COC(=O)C(C)(C)C(=O)[C@H](C)[C@H]1O[C@@H]1O[C@H](C)C[C@H](N(C)C)[C@H]1O. The van der Waals surface area contributed by atoms with Crippen LogP contribution < -0.4 is 5.32 Å². The quantitative estimate of drug-likeness (QED) is 0.200. The average Bonchev–Trinajstić information content (AvgIpc) is 2.98. The molecule has 3 heterocycles. The minimum Gasteiger partial charge on any atom is -0.463 e. The number of aliphatic hydroxyl groups excluding tert-OH is 1. The highest BCUT2D eigenvalue weighted by atomic mass is 16.7. The first-order valence-electron chi connectivity index (χ1n) is 18.0. The van der Waals surface area contributed by atoms with Crippen LogP contribution in [0.2, 0.25) is 0 Å². The molecule has 9 atom stereocenters. The van der Waals surface area contributed by atoms with Gasteiger partial charge >= 0.3 is 5.97 Å². The van der Waals surface area contributed by atoms with E-state index in [4.69, 9.17) is 18.9 Å². The van der Waals surface area contributed by atoms with E-state index < -0.39 is 41.4 Å². The summed E-state index contributed by atoms with van der Waals surface area (Å²) in [7, 11) is 7.48. The van der Waals surface area contributed by atoms with Crippen LogP contribution in [0.1, 0.15) is 81.1 Å². The molecule has 3 rings (SSSR count). The molecule has 0 aromatic heterocycles. The molecule has 1 unspecified atom stereocenters.